The van der Waals surface area contributed by atoms with Gasteiger partial charge in [0.25, 0.3) is 0 Å². The molecule has 0 atom stereocenters. The zero-order chi connectivity index (χ0) is 15.5. The molecule has 0 unspecified atom stereocenters. The Balaban J connectivity index is 2.62. The van der Waals surface area contributed by atoms with Gasteiger partial charge in [-0.3, -0.25) is 4.79 Å². The molecule has 1 N–H and O–H groups in total. The molecule has 1 aromatic carbocycles. The third kappa shape index (κ3) is 2.70. The van der Waals surface area contributed by atoms with Gasteiger partial charge >= 0.3 is 5.97 Å². The number of ether oxygens (including phenoxy) is 3. The van der Waals surface area contributed by atoms with Crippen molar-refractivity contribution in [3.8, 4) is 11.5 Å². The summed E-state index contributed by atoms with van der Waals surface area (Å²) in [5.41, 5.74) is 0.633. The van der Waals surface area contributed by atoms with Crippen molar-refractivity contribution in [3.05, 3.63) is 23.3 Å². The summed E-state index contributed by atoms with van der Waals surface area (Å²) >= 11 is 0. The number of carboxylic acids is 1. The lowest BCUT2D eigenvalue weighted by Crippen LogP contribution is -2.33. The van der Waals surface area contributed by atoms with Gasteiger partial charge in [0.1, 0.15) is 11.5 Å². The second-order valence-electron chi connectivity index (χ2n) is 5.40. The van der Waals surface area contributed by atoms with E-state index < -0.39 is 11.4 Å². The summed E-state index contributed by atoms with van der Waals surface area (Å²) in [7, 11) is 4.72. The summed E-state index contributed by atoms with van der Waals surface area (Å²) in [5.74, 6) is 0.312. The van der Waals surface area contributed by atoms with Gasteiger partial charge in [0, 0.05) is 7.11 Å². The Morgan fingerprint density at radius 1 is 1.14 bits per heavy atom. The molecular formula is C16H22O5. The lowest BCUT2D eigenvalue weighted by atomic mass is 9.77. The molecule has 0 radical (unpaired) electrons. The number of benzene rings is 1. The third-order valence-electron chi connectivity index (χ3n) is 4.22. The maximum Gasteiger partial charge on any atom is 0.314 e. The Hall–Kier alpha value is -1.75. The van der Waals surface area contributed by atoms with E-state index in [1.807, 2.05) is 12.1 Å². The monoisotopic (exact) mass is 294 g/mol. The summed E-state index contributed by atoms with van der Waals surface area (Å²) in [6, 6.07) is 3.68. The molecule has 0 amide bonds. The zero-order valence-corrected chi connectivity index (χ0v) is 12.8. The van der Waals surface area contributed by atoms with Crippen LogP contribution in [0.1, 0.15) is 36.8 Å². The number of aliphatic carboxylic acids is 1. The van der Waals surface area contributed by atoms with Gasteiger partial charge in [0.05, 0.1) is 31.8 Å². The van der Waals surface area contributed by atoms with Gasteiger partial charge in [-0.05, 0) is 30.5 Å². The molecule has 0 aliphatic heterocycles. The van der Waals surface area contributed by atoms with E-state index in [0.717, 1.165) is 18.4 Å². The number of hydrogen-bond donors (Lipinski definition) is 1. The molecule has 0 spiro atoms. The van der Waals surface area contributed by atoms with Crippen molar-refractivity contribution in [2.45, 2.75) is 37.7 Å². The molecule has 1 saturated carbocycles. The summed E-state index contributed by atoms with van der Waals surface area (Å²) in [6.45, 7) is 0.424. The minimum absolute atomic E-state index is 0.424. The minimum atomic E-state index is -0.914. The van der Waals surface area contributed by atoms with Crippen LogP contribution in [0.5, 0.6) is 11.5 Å². The van der Waals surface area contributed by atoms with Crippen LogP contribution in [0, 0.1) is 0 Å². The van der Waals surface area contributed by atoms with E-state index in [1.165, 1.54) is 0 Å². The number of carboxylic acid groups (broad SMARTS) is 1. The first-order valence-corrected chi connectivity index (χ1v) is 7.06. The summed E-state index contributed by atoms with van der Waals surface area (Å²) in [5, 5.41) is 9.79. The Morgan fingerprint density at radius 3 is 2.05 bits per heavy atom. The van der Waals surface area contributed by atoms with Crippen molar-refractivity contribution >= 4 is 5.97 Å². The fourth-order valence-electron chi connectivity index (χ4n) is 3.24. The van der Waals surface area contributed by atoms with E-state index in [2.05, 4.69) is 0 Å². The second kappa shape index (κ2) is 6.35. The fourth-order valence-corrected chi connectivity index (χ4v) is 3.24. The van der Waals surface area contributed by atoms with Gasteiger partial charge in [0.15, 0.2) is 0 Å². The maximum atomic E-state index is 11.9. The highest BCUT2D eigenvalue weighted by molar-refractivity contribution is 5.84. The predicted octanol–water partition coefficient (Wildman–Crippen LogP) is 2.75. The SMILES string of the molecule is COCc1cc(OC)c(C2(C(=O)O)CCCC2)c(OC)c1. The molecule has 1 aliphatic carbocycles. The summed E-state index contributed by atoms with van der Waals surface area (Å²) < 4.78 is 16.1. The lowest BCUT2D eigenvalue weighted by molar-refractivity contribution is -0.143. The Kier molecular flexibility index (Phi) is 4.73. The molecule has 1 fully saturated rings. The topological polar surface area (TPSA) is 65.0 Å². The highest BCUT2D eigenvalue weighted by Gasteiger charge is 2.47. The van der Waals surface area contributed by atoms with E-state index >= 15 is 0 Å². The van der Waals surface area contributed by atoms with Crippen molar-refractivity contribution in [3.63, 3.8) is 0 Å². The lowest BCUT2D eigenvalue weighted by Gasteiger charge is -2.28. The van der Waals surface area contributed by atoms with Crippen molar-refractivity contribution in [1.82, 2.24) is 0 Å². The van der Waals surface area contributed by atoms with Crippen LogP contribution in [-0.2, 0) is 21.6 Å². The molecule has 1 aliphatic rings. The Morgan fingerprint density at radius 2 is 1.67 bits per heavy atom. The van der Waals surface area contributed by atoms with Gasteiger partial charge in [-0.2, -0.15) is 0 Å². The maximum absolute atomic E-state index is 11.9. The number of rotatable bonds is 6. The molecule has 2 rings (SSSR count). The van der Waals surface area contributed by atoms with Crippen molar-refractivity contribution in [1.29, 1.82) is 0 Å². The minimum Gasteiger partial charge on any atom is -0.496 e. The number of carbonyl (C=O) groups is 1. The third-order valence-corrected chi connectivity index (χ3v) is 4.22. The molecule has 0 bridgehead atoms. The van der Waals surface area contributed by atoms with E-state index in [-0.39, 0.29) is 0 Å². The molecule has 116 valence electrons. The van der Waals surface area contributed by atoms with Crippen molar-refractivity contribution in [2.75, 3.05) is 21.3 Å². The molecule has 0 heterocycles. The highest BCUT2D eigenvalue weighted by Crippen LogP contribution is 2.49. The normalized spacial score (nSPS) is 16.7. The Labute approximate surface area is 124 Å². The first-order valence-electron chi connectivity index (χ1n) is 7.06. The summed E-state index contributed by atoms with van der Waals surface area (Å²) in [4.78, 5) is 11.9. The van der Waals surface area contributed by atoms with Gasteiger partial charge in [0.2, 0.25) is 0 Å². The molecule has 0 saturated heterocycles. The van der Waals surface area contributed by atoms with E-state index in [0.29, 0.717) is 36.5 Å². The van der Waals surface area contributed by atoms with Gasteiger partial charge < -0.3 is 19.3 Å². The standard InChI is InChI=1S/C16H22O5/c1-19-10-11-8-12(20-2)14(13(9-11)21-3)16(15(17)18)6-4-5-7-16/h8-9H,4-7,10H2,1-3H3,(H,17,18). The van der Waals surface area contributed by atoms with Gasteiger partial charge in [-0.15, -0.1) is 0 Å². The average molecular weight is 294 g/mol. The van der Waals surface area contributed by atoms with Crippen LogP contribution < -0.4 is 9.47 Å². The molecule has 5 nitrogen and oxygen atoms in total. The van der Waals surface area contributed by atoms with Crippen LogP contribution >= 0.6 is 0 Å². The number of hydrogen-bond acceptors (Lipinski definition) is 4. The zero-order valence-electron chi connectivity index (χ0n) is 12.8. The van der Waals surface area contributed by atoms with Crippen molar-refractivity contribution < 1.29 is 24.1 Å². The van der Waals surface area contributed by atoms with Crippen LogP contribution in [0.2, 0.25) is 0 Å². The second-order valence-corrected chi connectivity index (χ2v) is 5.40. The first kappa shape index (κ1) is 15.6. The molecule has 5 heteroatoms. The molecule has 21 heavy (non-hydrogen) atoms. The molecule has 0 aromatic heterocycles. The smallest absolute Gasteiger partial charge is 0.314 e. The highest BCUT2D eigenvalue weighted by atomic mass is 16.5. The summed E-state index contributed by atoms with van der Waals surface area (Å²) in [6.07, 6.45) is 3.02. The van der Waals surface area contributed by atoms with Crippen LogP contribution in [0.3, 0.4) is 0 Å². The quantitative estimate of drug-likeness (QED) is 0.874. The molecular weight excluding hydrogens is 272 g/mol. The van der Waals surface area contributed by atoms with Crippen LogP contribution in [0.15, 0.2) is 12.1 Å². The van der Waals surface area contributed by atoms with Gasteiger partial charge in [-0.1, -0.05) is 12.8 Å². The van der Waals surface area contributed by atoms with E-state index in [4.69, 9.17) is 14.2 Å². The van der Waals surface area contributed by atoms with Crippen LogP contribution in [0.25, 0.3) is 0 Å². The van der Waals surface area contributed by atoms with Crippen LogP contribution in [-0.4, -0.2) is 32.4 Å². The molecule has 1 aromatic rings. The van der Waals surface area contributed by atoms with Crippen LogP contribution in [0.4, 0.5) is 0 Å². The van der Waals surface area contributed by atoms with Gasteiger partial charge in [-0.25, -0.2) is 0 Å². The van der Waals surface area contributed by atoms with E-state index in [1.54, 1.807) is 21.3 Å². The number of methoxy groups -OCH3 is 3. The largest absolute Gasteiger partial charge is 0.496 e. The first-order chi connectivity index (χ1) is 10.1. The van der Waals surface area contributed by atoms with E-state index in [9.17, 15) is 9.90 Å². The Bertz CT molecular complexity index is 492. The predicted molar refractivity (Wildman–Crippen MR) is 78.0 cm³/mol. The fraction of sp³-hybridized carbons (Fsp3) is 0.562. The van der Waals surface area contributed by atoms with Crippen molar-refractivity contribution in [2.24, 2.45) is 0 Å². The average Bonchev–Trinajstić information content (AvgIpc) is 2.97.